The van der Waals surface area contributed by atoms with E-state index in [-0.39, 0.29) is 18.7 Å². The first-order valence-electron chi connectivity index (χ1n) is 10.7. The molecule has 0 spiro atoms. The molecule has 2 heterocycles. The topological polar surface area (TPSA) is 92.3 Å². The van der Waals surface area contributed by atoms with Gasteiger partial charge in [0.25, 0.3) is 0 Å². The predicted octanol–water partition coefficient (Wildman–Crippen LogP) is 4.66. The molecule has 4 rings (SSSR count). The number of anilines is 1. The summed E-state index contributed by atoms with van der Waals surface area (Å²) in [7, 11) is 1.75. The van der Waals surface area contributed by atoms with Crippen LogP contribution in [0.1, 0.15) is 18.4 Å². The number of carbonyl (C=O) groups excluding carboxylic acids is 1. The van der Waals surface area contributed by atoms with Gasteiger partial charge in [0.05, 0.1) is 18.1 Å². The molecular weight excluding hydrogens is 464 g/mol. The van der Waals surface area contributed by atoms with Gasteiger partial charge in [-0.2, -0.15) is 13.2 Å². The van der Waals surface area contributed by atoms with Crippen molar-refractivity contribution in [3.8, 4) is 22.4 Å². The second-order valence-corrected chi connectivity index (χ2v) is 8.17. The highest BCUT2D eigenvalue weighted by Crippen LogP contribution is 2.37. The van der Waals surface area contributed by atoms with Gasteiger partial charge in [0.2, 0.25) is 0 Å². The van der Waals surface area contributed by atoms with Crippen molar-refractivity contribution in [3.63, 3.8) is 0 Å². The van der Waals surface area contributed by atoms with Crippen LogP contribution >= 0.6 is 0 Å². The predicted molar refractivity (Wildman–Crippen MR) is 127 cm³/mol. The van der Waals surface area contributed by atoms with Crippen LogP contribution in [0.5, 0.6) is 0 Å². The van der Waals surface area contributed by atoms with Gasteiger partial charge in [0.15, 0.2) is 5.60 Å². The Hall–Kier alpha value is -3.37. The molecule has 0 bridgehead atoms. The zero-order chi connectivity index (χ0) is 26.2. The molecule has 1 aromatic heterocycles. The van der Waals surface area contributed by atoms with Crippen molar-refractivity contribution in [2.75, 3.05) is 25.9 Å². The molecule has 10 heteroatoms. The molecule has 1 aliphatic heterocycles. The quantitative estimate of drug-likeness (QED) is 0.506. The molecule has 188 valence electrons. The number of hydrogen-bond acceptors (Lipinski definition) is 6. The number of likely N-dealkylation sites (tertiary alicyclic amines) is 1. The van der Waals surface area contributed by atoms with Crippen LogP contribution < -0.4 is 5.73 Å². The van der Waals surface area contributed by atoms with E-state index >= 15 is 0 Å². The molecule has 0 amide bonds. The first-order chi connectivity index (χ1) is 16.5. The highest BCUT2D eigenvalue weighted by atomic mass is 19.4. The van der Waals surface area contributed by atoms with E-state index in [2.05, 4.69) is 9.97 Å². The van der Waals surface area contributed by atoms with Gasteiger partial charge in [0.1, 0.15) is 18.4 Å². The summed E-state index contributed by atoms with van der Waals surface area (Å²) in [5.74, 6) is -0.00878. The first-order valence-corrected chi connectivity index (χ1v) is 10.7. The van der Waals surface area contributed by atoms with Gasteiger partial charge in [-0.05, 0) is 55.6 Å². The first kappa shape index (κ1) is 27.9. The van der Waals surface area contributed by atoms with Gasteiger partial charge in [0, 0.05) is 18.7 Å². The van der Waals surface area contributed by atoms with Crippen LogP contribution in [0, 0.1) is 12.7 Å². The molecule has 1 aliphatic rings. The number of aliphatic hydroxyl groups is 1. The zero-order valence-electron chi connectivity index (χ0n) is 19.5. The largest absolute Gasteiger partial charge is 0.417 e. The monoisotopic (exact) mass is 492 g/mol. The van der Waals surface area contributed by atoms with E-state index in [1.54, 1.807) is 18.0 Å². The van der Waals surface area contributed by atoms with Crippen LogP contribution in [0.3, 0.4) is 0 Å². The number of aryl methyl sites for hydroxylation is 1. The molecule has 35 heavy (non-hydrogen) atoms. The fourth-order valence-electron chi connectivity index (χ4n) is 3.54. The van der Waals surface area contributed by atoms with Crippen molar-refractivity contribution in [2.45, 2.75) is 31.5 Å². The molecule has 2 aromatic carbocycles. The molecular formula is C25H28F4N4O2. The second kappa shape index (κ2) is 11.9. The minimum Gasteiger partial charge on any atom is -0.382 e. The minimum atomic E-state index is -4.48. The minimum absolute atomic E-state index is 0.215. The summed E-state index contributed by atoms with van der Waals surface area (Å²) in [6.45, 7) is 4.61. The summed E-state index contributed by atoms with van der Waals surface area (Å²) in [6.07, 6.45) is -2.01. The second-order valence-electron chi connectivity index (χ2n) is 8.17. The third kappa shape index (κ3) is 7.06. The van der Waals surface area contributed by atoms with Crippen LogP contribution in [0.25, 0.3) is 22.4 Å². The van der Waals surface area contributed by atoms with E-state index in [1.165, 1.54) is 18.5 Å². The highest BCUT2D eigenvalue weighted by Gasteiger charge is 2.54. The van der Waals surface area contributed by atoms with Gasteiger partial charge in [-0.25, -0.2) is 9.37 Å². The van der Waals surface area contributed by atoms with Gasteiger partial charge >= 0.3 is 6.18 Å². The van der Waals surface area contributed by atoms with E-state index in [4.69, 9.17) is 10.5 Å². The molecule has 0 saturated carbocycles. The number of aromatic nitrogens is 2. The van der Waals surface area contributed by atoms with Crippen LogP contribution in [0.15, 0.2) is 54.9 Å². The maximum absolute atomic E-state index is 14.4. The average molecular weight is 493 g/mol. The summed E-state index contributed by atoms with van der Waals surface area (Å²) in [5.41, 5.74) is 6.91. The SMILES string of the molecule is C=O.CN1CCC(O)(C(F)(F)F)CC1.Cc1ccccc1-c1ccc(-c2cnc(N)cn2)c(F)c1. The number of halogens is 4. The molecule has 0 aliphatic carbocycles. The number of piperidine rings is 1. The number of nitrogens with two attached hydrogens (primary N) is 1. The third-order valence-electron chi connectivity index (χ3n) is 5.71. The maximum atomic E-state index is 14.4. The van der Waals surface area contributed by atoms with E-state index in [9.17, 15) is 22.7 Å². The summed E-state index contributed by atoms with van der Waals surface area (Å²) in [5, 5.41) is 9.17. The highest BCUT2D eigenvalue weighted by molar-refractivity contribution is 5.71. The zero-order valence-corrected chi connectivity index (χ0v) is 19.5. The third-order valence-corrected chi connectivity index (χ3v) is 5.71. The van der Waals surface area contributed by atoms with E-state index in [0.717, 1.165) is 16.7 Å². The Morgan fingerprint density at radius 2 is 1.66 bits per heavy atom. The number of nitrogen functional groups attached to an aromatic ring is 1. The van der Waals surface area contributed by atoms with Crippen molar-refractivity contribution in [3.05, 3.63) is 66.2 Å². The van der Waals surface area contributed by atoms with Crippen molar-refractivity contribution in [1.29, 1.82) is 0 Å². The number of carbonyl (C=O) groups is 1. The van der Waals surface area contributed by atoms with Crippen molar-refractivity contribution < 1.29 is 27.5 Å². The molecule has 6 nitrogen and oxygen atoms in total. The Bertz CT molecular complexity index is 1100. The summed E-state index contributed by atoms with van der Waals surface area (Å²) < 4.78 is 50.9. The van der Waals surface area contributed by atoms with Crippen molar-refractivity contribution in [1.82, 2.24) is 14.9 Å². The van der Waals surface area contributed by atoms with E-state index < -0.39 is 11.8 Å². The molecule has 0 radical (unpaired) electrons. The Balaban J connectivity index is 0.000000263. The van der Waals surface area contributed by atoms with E-state index in [1.807, 2.05) is 44.0 Å². The lowest BCUT2D eigenvalue weighted by Crippen LogP contribution is -2.52. The lowest BCUT2D eigenvalue weighted by Gasteiger charge is -2.37. The standard InChI is InChI=1S/C17H14FN3.C7H12F3NO.CH2O/c1-11-4-2-3-5-13(11)12-6-7-14(15(18)8-12)16-9-21-17(19)10-20-16;1-11-4-2-6(12,3-5-11)7(8,9)10;1-2/h2-10H,1H3,(H2,19,21);12H,2-5H2,1H3;1H2. The fraction of sp³-hybridized carbons (Fsp3) is 0.320. The summed E-state index contributed by atoms with van der Waals surface area (Å²) in [6, 6.07) is 13.0. The van der Waals surface area contributed by atoms with Gasteiger partial charge in [-0.15, -0.1) is 0 Å². The molecule has 0 unspecified atom stereocenters. The van der Waals surface area contributed by atoms with Crippen LogP contribution in [0.4, 0.5) is 23.4 Å². The number of benzene rings is 2. The summed E-state index contributed by atoms with van der Waals surface area (Å²) in [4.78, 5) is 17.8. The average Bonchev–Trinajstić information content (AvgIpc) is 2.83. The van der Waals surface area contributed by atoms with Crippen LogP contribution in [-0.2, 0) is 4.79 Å². The number of alkyl halides is 3. The van der Waals surface area contributed by atoms with Crippen LogP contribution in [0.2, 0.25) is 0 Å². The lowest BCUT2D eigenvalue weighted by atomic mass is 9.91. The Morgan fingerprint density at radius 1 is 1.03 bits per heavy atom. The van der Waals surface area contributed by atoms with Crippen LogP contribution in [-0.4, -0.2) is 58.7 Å². The molecule has 1 fully saturated rings. The van der Waals surface area contributed by atoms with Gasteiger partial charge in [-0.3, -0.25) is 4.98 Å². The van der Waals surface area contributed by atoms with E-state index in [0.29, 0.717) is 30.2 Å². The summed E-state index contributed by atoms with van der Waals surface area (Å²) >= 11 is 0. The Kier molecular flexibility index (Phi) is 9.44. The Labute approximate surface area is 201 Å². The molecule has 3 aromatic rings. The maximum Gasteiger partial charge on any atom is 0.417 e. The molecule has 1 saturated heterocycles. The smallest absolute Gasteiger partial charge is 0.382 e. The van der Waals surface area contributed by atoms with Crippen molar-refractivity contribution >= 4 is 12.6 Å². The van der Waals surface area contributed by atoms with Gasteiger partial charge in [-0.1, -0.05) is 30.3 Å². The normalized spacial score (nSPS) is 15.3. The Morgan fingerprint density at radius 3 is 2.17 bits per heavy atom. The van der Waals surface area contributed by atoms with Gasteiger partial charge < -0.3 is 20.5 Å². The number of nitrogens with zero attached hydrogens (tertiary/aromatic N) is 3. The molecule has 3 N–H and O–H groups in total. The number of hydrogen-bond donors (Lipinski definition) is 2. The number of rotatable bonds is 2. The molecule has 0 atom stereocenters. The lowest BCUT2D eigenvalue weighted by molar-refractivity contribution is -0.272. The fourth-order valence-corrected chi connectivity index (χ4v) is 3.54. The van der Waals surface area contributed by atoms with Crippen molar-refractivity contribution in [2.24, 2.45) is 0 Å².